The summed E-state index contributed by atoms with van der Waals surface area (Å²) < 4.78 is 1.00. The van der Waals surface area contributed by atoms with Crippen LogP contribution >= 0.6 is 0 Å². The van der Waals surface area contributed by atoms with Gasteiger partial charge in [0.1, 0.15) is 23.8 Å². The SMILES string of the molecule is C[N+](C)(C)C.N#CC(=C=[N-])/C=C/C=C/C=C(C#N)C#N. The number of allylic oxidation sites excluding steroid dienone is 7. The summed E-state index contributed by atoms with van der Waals surface area (Å²) in [6, 6.07) is 5.07. The molecular formula is C15H17N5. The van der Waals surface area contributed by atoms with E-state index in [4.69, 9.17) is 21.2 Å². The van der Waals surface area contributed by atoms with Crippen LogP contribution in [0.1, 0.15) is 0 Å². The monoisotopic (exact) mass is 267 g/mol. The fraction of sp³-hybridized carbons (Fsp3) is 0.267. The third kappa shape index (κ3) is 17.5. The zero-order valence-electron chi connectivity index (χ0n) is 12.1. The van der Waals surface area contributed by atoms with E-state index in [-0.39, 0.29) is 11.1 Å². The highest BCUT2D eigenvalue weighted by molar-refractivity contribution is 5.69. The van der Waals surface area contributed by atoms with Gasteiger partial charge in [0.2, 0.25) is 0 Å². The largest absolute Gasteiger partial charge is 0.762 e. The molecule has 0 spiro atoms. The third-order valence-corrected chi connectivity index (χ3v) is 1.23. The van der Waals surface area contributed by atoms with Crippen LogP contribution in [0.2, 0.25) is 0 Å². The van der Waals surface area contributed by atoms with Gasteiger partial charge in [-0.2, -0.15) is 15.8 Å². The molecule has 0 aliphatic heterocycles. The van der Waals surface area contributed by atoms with Crippen molar-refractivity contribution in [3.05, 3.63) is 46.9 Å². The van der Waals surface area contributed by atoms with Gasteiger partial charge >= 0.3 is 0 Å². The van der Waals surface area contributed by atoms with Crippen LogP contribution in [0.5, 0.6) is 0 Å². The summed E-state index contributed by atoms with van der Waals surface area (Å²) in [5, 5.41) is 33.5. The molecule has 0 aromatic carbocycles. The second-order valence-corrected chi connectivity index (χ2v) is 4.87. The Morgan fingerprint density at radius 1 is 0.900 bits per heavy atom. The molecule has 0 fully saturated rings. The molecule has 0 bridgehead atoms. The van der Waals surface area contributed by atoms with Gasteiger partial charge < -0.3 is 9.89 Å². The van der Waals surface area contributed by atoms with Crippen LogP contribution in [0.15, 0.2) is 41.5 Å². The number of rotatable bonds is 3. The van der Waals surface area contributed by atoms with Gasteiger partial charge in [-0.25, -0.2) is 0 Å². The zero-order valence-corrected chi connectivity index (χ0v) is 12.1. The van der Waals surface area contributed by atoms with Crippen molar-refractivity contribution < 1.29 is 4.48 Å². The van der Waals surface area contributed by atoms with E-state index in [1.165, 1.54) is 30.4 Å². The Bertz CT molecular complexity index is 537. The van der Waals surface area contributed by atoms with Gasteiger partial charge in [0.25, 0.3) is 0 Å². The number of hydrogen-bond donors (Lipinski definition) is 0. The lowest BCUT2D eigenvalue weighted by atomic mass is 10.2. The minimum atomic E-state index is -0.00980. The van der Waals surface area contributed by atoms with E-state index in [1.807, 2.05) is 0 Å². The zero-order chi connectivity index (χ0) is 16.0. The topological polar surface area (TPSA) is 93.7 Å². The highest BCUT2D eigenvalue weighted by Gasteiger charge is 1.88. The van der Waals surface area contributed by atoms with E-state index in [0.29, 0.717) is 0 Å². The van der Waals surface area contributed by atoms with Crippen molar-refractivity contribution in [2.45, 2.75) is 0 Å². The van der Waals surface area contributed by atoms with Crippen LogP contribution in [-0.4, -0.2) is 38.5 Å². The quantitative estimate of drug-likeness (QED) is 0.339. The molecule has 102 valence electrons. The summed E-state index contributed by atoms with van der Waals surface area (Å²) in [7, 11) is 8.50. The van der Waals surface area contributed by atoms with Crippen molar-refractivity contribution in [1.82, 2.24) is 0 Å². The van der Waals surface area contributed by atoms with Gasteiger partial charge in [0.15, 0.2) is 0 Å². The van der Waals surface area contributed by atoms with E-state index in [9.17, 15) is 0 Å². The molecule has 0 N–H and O–H groups in total. The fourth-order valence-corrected chi connectivity index (χ4v) is 0.567. The van der Waals surface area contributed by atoms with Crippen molar-refractivity contribution in [3.8, 4) is 18.2 Å². The minimum absolute atomic E-state index is 0.00980. The maximum absolute atomic E-state index is 8.36. The molecule has 0 amide bonds. The molecule has 5 nitrogen and oxygen atoms in total. The Morgan fingerprint density at radius 3 is 1.75 bits per heavy atom. The first-order valence-electron chi connectivity index (χ1n) is 5.59. The molecule has 20 heavy (non-hydrogen) atoms. The number of nitrogens with zero attached hydrogens (tertiary/aromatic N) is 5. The van der Waals surface area contributed by atoms with Crippen LogP contribution in [0.4, 0.5) is 0 Å². The Balaban J connectivity index is 0. The molecule has 0 saturated carbocycles. The number of quaternary nitrogens is 1. The predicted octanol–water partition coefficient (Wildman–Crippen LogP) is 2.08. The van der Waals surface area contributed by atoms with Crippen molar-refractivity contribution in [1.29, 1.82) is 15.8 Å². The molecule has 0 atom stereocenters. The molecule has 0 unspecified atom stereocenters. The van der Waals surface area contributed by atoms with Gasteiger partial charge in [0, 0.05) is 0 Å². The summed E-state index contributed by atoms with van der Waals surface area (Å²) in [4.78, 5) is 0. The smallest absolute Gasteiger partial charge is 0.129 e. The second kappa shape index (κ2) is 11.2. The number of nitriles is 3. The Hall–Kier alpha value is -2.90. The van der Waals surface area contributed by atoms with E-state index in [2.05, 4.69) is 28.2 Å². The summed E-state index contributed by atoms with van der Waals surface area (Å²) in [6.07, 6.45) is 7.14. The lowest BCUT2D eigenvalue weighted by Crippen LogP contribution is -2.27. The Kier molecular flexibility index (Phi) is 10.9. The van der Waals surface area contributed by atoms with Gasteiger partial charge in [-0.05, 0) is 12.2 Å². The minimum Gasteiger partial charge on any atom is -0.762 e. The van der Waals surface area contributed by atoms with E-state index >= 15 is 0 Å². The number of hydrogen-bond acceptors (Lipinski definition) is 3. The summed E-state index contributed by atoms with van der Waals surface area (Å²) in [5.74, 6) is 1.69. The van der Waals surface area contributed by atoms with Gasteiger partial charge in [-0.15, -0.1) is 0 Å². The lowest BCUT2D eigenvalue weighted by Gasteiger charge is -2.14. The van der Waals surface area contributed by atoms with E-state index < -0.39 is 0 Å². The van der Waals surface area contributed by atoms with Gasteiger partial charge in [-0.3, -0.25) is 5.87 Å². The average molecular weight is 267 g/mol. The van der Waals surface area contributed by atoms with Crippen LogP contribution in [0, 0.1) is 34.0 Å². The highest BCUT2D eigenvalue weighted by atomic mass is 15.2. The second-order valence-electron chi connectivity index (χ2n) is 4.87. The molecule has 5 heteroatoms. The molecular weight excluding hydrogens is 250 g/mol. The van der Waals surface area contributed by atoms with Crippen LogP contribution < -0.4 is 0 Å². The van der Waals surface area contributed by atoms with Gasteiger partial charge in [-0.1, -0.05) is 18.2 Å². The highest BCUT2D eigenvalue weighted by Crippen LogP contribution is 1.92. The van der Waals surface area contributed by atoms with Crippen molar-refractivity contribution in [2.75, 3.05) is 28.2 Å². The molecule has 0 rings (SSSR count). The van der Waals surface area contributed by atoms with Crippen LogP contribution in [0.25, 0.3) is 5.41 Å². The molecule has 0 heterocycles. The fourth-order valence-electron chi connectivity index (χ4n) is 0.567. The lowest BCUT2D eigenvalue weighted by molar-refractivity contribution is -0.849. The molecule has 0 aliphatic rings. The normalized spacial score (nSPS) is 9.45. The van der Waals surface area contributed by atoms with E-state index in [1.54, 1.807) is 24.1 Å². The molecule has 0 aliphatic carbocycles. The molecule has 0 aromatic heterocycles. The molecule has 0 aromatic rings. The van der Waals surface area contributed by atoms with Crippen molar-refractivity contribution in [3.63, 3.8) is 0 Å². The molecule has 0 saturated heterocycles. The average Bonchev–Trinajstić information content (AvgIpc) is 2.36. The summed E-state index contributed by atoms with van der Waals surface area (Å²) in [5.41, 5.74) is -0.0196. The van der Waals surface area contributed by atoms with Crippen LogP contribution in [0.3, 0.4) is 0 Å². The molecule has 0 radical (unpaired) electrons. The summed E-state index contributed by atoms with van der Waals surface area (Å²) >= 11 is 0. The first-order valence-corrected chi connectivity index (χ1v) is 5.59. The first kappa shape index (κ1) is 19.4. The first-order chi connectivity index (χ1) is 9.28. The summed E-state index contributed by atoms with van der Waals surface area (Å²) in [6.45, 7) is 0. The third-order valence-electron chi connectivity index (χ3n) is 1.23. The predicted molar refractivity (Wildman–Crippen MR) is 79.0 cm³/mol. The Labute approximate surface area is 120 Å². The standard InChI is InChI=1S/C11H5N4.C4H12N/c12-6-10(7-13)4-2-1-3-5-11(8-14)9-15;1-5(2,3)4/h1-5H;1-4H3/q-1;+1/b2-1+,5-3+;. The van der Waals surface area contributed by atoms with Crippen molar-refractivity contribution in [2.24, 2.45) is 0 Å². The van der Waals surface area contributed by atoms with E-state index in [0.717, 1.165) is 4.48 Å². The van der Waals surface area contributed by atoms with Crippen molar-refractivity contribution >= 4 is 5.87 Å². The van der Waals surface area contributed by atoms with Crippen LogP contribution in [-0.2, 0) is 0 Å². The Morgan fingerprint density at radius 2 is 1.40 bits per heavy atom. The van der Waals surface area contributed by atoms with Gasteiger partial charge in [0.05, 0.1) is 33.8 Å². The maximum Gasteiger partial charge on any atom is 0.129 e. The maximum atomic E-state index is 8.36.